The summed E-state index contributed by atoms with van der Waals surface area (Å²) in [6.45, 7) is 1.51. The number of likely N-dealkylation sites (tertiary alicyclic amines) is 1. The summed E-state index contributed by atoms with van der Waals surface area (Å²) >= 11 is 0. The van der Waals surface area contributed by atoms with Crippen LogP contribution in [0.2, 0.25) is 0 Å². The van der Waals surface area contributed by atoms with Gasteiger partial charge in [-0.2, -0.15) is 0 Å². The summed E-state index contributed by atoms with van der Waals surface area (Å²) in [6.07, 6.45) is -1.91. The number of rotatable bonds is 5. The van der Waals surface area contributed by atoms with Gasteiger partial charge in [-0.05, 0) is 44.0 Å². The maximum Gasteiger partial charge on any atom is 0.573 e. The van der Waals surface area contributed by atoms with E-state index in [1.54, 1.807) is 12.1 Å². The molecule has 1 amide bonds. The number of halogens is 3. The molecule has 2 rings (SSSR count). The monoisotopic (exact) mass is 330 g/mol. The van der Waals surface area contributed by atoms with Crippen LogP contribution in [0.15, 0.2) is 24.3 Å². The smallest absolute Gasteiger partial charge is 0.406 e. The highest BCUT2D eigenvalue weighted by molar-refractivity contribution is 5.76. The lowest BCUT2D eigenvalue weighted by molar-refractivity contribution is -0.274. The van der Waals surface area contributed by atoms with Gasteiger partial charge < -0.3 is 15.0 Å². The molecule has 7 heteroatoms. The highest BCUT2D eigenvalue weighted by atomic mass is 19.4. The lowest BCUT2D eigenvalue weighted by Gasteiger charge is -2.31. The fourth-order valence-electron chi connectivity index (χ4n) is 2.68. The van der Waals surface area contributed by atoms with E-state index in [1.165, 1.54) is 12.1 Å². The third-order valence-corrected chi connectivity index (χ3v) is 4.04. The summed E-state index contributed by atoms with van der Waals surface area (Å²) < 4.78 is 40.1. The van der Waals surface area contributed by atoms with Crippen molar-refractivity contribution in [1.82, 2.24) is 10.2 Å². The van der Waals surface area contributed by atoms with Crippen LogP contribution in [0.4, 0.5) is 13.2 Å². The summed E-state index contributed by atoms with van der Waals surface area (Å²) in [5.74, 6) is -0.156. The molecule has 1 aliphatic rings. The van der Waals surface area contributed by atoms with E-state index < -0.39 is 6.36 Å². The van der Waals surface area contributed by atoms with E-state index in [4.69, 9.17) is 0 Å². The fourth-order valence-corrected chi connectivity index (χ4v) is 2.68. The highest BCUT2D eigenvalue weighted by Crippen LogP contribution is 2.23. The molecule has 1 aromatic rings. The molecule has 128 valence electrons. The molecule has 4 nitrogen and oxygen atoms in total. The Morgan fingerprint density at radius 2 is 1.87 bits per heavy atom. The van der Waals surface area contributed by atoms with Crippen molar-refractivity contribution in [3.8, 4) is 5.75 Å². The van der Waals surface area contributed by atoms with Crippen molar-refractivity contribution in [2.24, 2.45) is 0 Å². The van der Waals surface area contributed by atoms with Crippen molar-refractivity contribution >= 4 is 5.91 Å². The number of alkyl halides is 3. The number of aryl methyl sites for hydroxylation is 1. The number of nitrogens with one attached hydrogen (secondary N) is 1. The van der Waals surface area contributed by atoms with Gasteiger partial charge in [0.05, 0.1) is 0 Å². The van der Waals surface area contributed by atoms with Crippen molar-refractivity contribution in [1.29, 1.82) is 0 Å². The molecule has 0 radical (unpaired) electrons. The van der Waals surface area contributed by atoms with Gasteiger partial charge in [0, 0.05) is 25.6 Å². The van der Waals surface area contributed by atoms with Crippen molar-refractivity contribution in [3.05, 3.63) is 29.8 Å². The van der Waals surface area contributed by atoms with Crippen LogP contribution >= 0.6 is 0 Å². The van der Waals surface area contributed by atoms with Gasteiger partial charge in [-0.25, -0.2) is 0 Å². The van der Waals surface area contributed by atoms with Crippen molar-refractivity contribution in [3.63, 3.8) is 0 Å². The summed E-state index contributed by atoms with van der Waals surface area (Å²) in [6, 6.07) is 6.13. The minimum Gasteiger partial charge on any atom is -0.406 e. The van der Waals surface area contributed by atoms with Crippen LogP contribution in [0, 0.1) is 0 Å². The molecule has 0 aromatic heterocycles. The third-order valence-electron chi connectivity index (χ3n) is 4.04. The standard InChI is InChI=1S/C16H21F3N2O2/c1-20-13-8-10-21(11-9-13)15(22)7-4-12-2-5-14(6-3-12)23-16(17,18)19/h2-3,5-6,13,20H,4,7-11H2,1H3. The zero-order valence-electron chi connectivity index (χ0n) is 13.0. The number of piperidine rings is 1. The van der Waals surface area contributed by atoms with Gasteiger partial charge in [0.1, 0.15) is 5.75 Å². The van der Waals surface area contributed by atoms with Gasteiger partial charge >= 0.3 is 6.36 Å². The minimum absolute atomic E-state index is 0.0928. The van der Waals surface area contributed by atoms with Crippen LogP contribution in [0.25, 0.3) is 0 Å². The molecule has 0 spiro atoms. The molecule has 1 N–H and O–H groups in total. The second-order valence-corrected chi connectivity index (χ2v) is 5.64. The summed E-state index contributed by atoms with van der Waals surface area (Å²) in [4.78, 5) is 14.0. The Balaban J connectivity index is 1.78. The van der Waals surface area contributed by atoms with Crippen LogP contribution in [0.3, 0.4) is 0 Å². The third kappa shape index (κ3) is 5.74. The Morgan fingerprint density at radius 3 is 2.39 bits per heavy atom. The fraction of sp³-hybridized carbons (Fsp3) is 0.562. The van der Waals surface area contributed by atoms with E-state index in [9.17, 15) is 18.0 Å². The second-order valence-electron chi connectivity index (χ2n) is 5.64. The normalized spacial score (nSPS) is 16.4. The van der Waals surface area contributed by atoms with E-state index in [0.717, 1.165) is 31.5 Å². The minimum atomic E-state index is -4.68. The lowest BCUT2D eigenvalue weighted by atomic mass is 10.0. The van der Waals surface area contributed by atoms with Crippen molar-refractivity contribution < 1.29 is 22.7 Å². The number of amides is 1. The Hall–Kier alpha value is -1.76. The SMILES string of the molecule is CNC1CCN(C(=O)CCc2ccc(OC(F)(F)F)cc2)CC1. The predicted octanol–water partition coefficient (Wildman–Crippen LogP) is 2.73. The van der Waals surface area contributed by atoms with Gasteiger partial charge in [-0.3, -0.25) is 4.79 Å². The van der Waals surface area contributed by atoms with Crippen LogP contribution in [-0.4, -0.2) is 43.3 Å². The van der Waals surface area contributed by atoms with E-state index in [1.807, 2.05) is 11.9 Å². The van der Waals surface area contributed by atoms with E-state index >= 15 is 0 Å². The molecule has 1 fully saturated rings. The first-order valence-electron chi connectivity index (χ1n) is 7.67. The molecular formula is C16H21F3N2O2. The van der Waals surface area contributed by atoms with Gasteiger partial charge in [-0.1, -0.05) is 12.1 Å². The summed E-state index contributed by atoms with van der Waals surface area (Å²) in [5.41, 5.74) is 0.818. The molecule has 1 aliphatic heterocycles. The first-order chi connectivity index (χ1) is 10.9. The molecule has 1 saturated heterocycles. The largest absolute Gasteiger partial charge is 0.573 e. The molecule has 23 heavy (non-hydrogen) atoms. The quantitative estimate of drug-likeness (QED) is 0.903. The average Bonchev–Trinajstić information content (AvgIpc) is 2.52. The predicted molar refractivity (Wildman–Crippen MR) is 80.1 cm³/mol. The van der Waals surface area contributed by atoms with Crippen LogP contribution in [0.5, 0.6) is 5.75 Å². The number of benzene rings is 1. The molecule has 0 bridgehead atoms. The maximum absolute atomic E-state index is 12.2. The lowest BCUT2D eigenvalue weighted by Crippen LogP contribution is -2.44. The number of carbonyl (C=O) groups is 1. The number of hydrogen-bond donors (Lipinski definition) is 1. The number of nitrogens with zero attached hydrogens (tertiary/aromatic N) is 1. The first-order valence-corrected chi connectivity index (χ1v) is 7.67. The number of ether oxygens (including phenoxy) is 1. The number of hydrogen-bond acceptors (Lipinski definition) is 3. The van der Waals surface area contributed by atoms with Gasteiger partial charge in [0.2, 0.25) is 5.91 Å². The highest BCUT2D eigenvalue weighted by Gasteiger charge is 2.31. The Kier molecular flexibility index (Phi) is 5.87. The average molecular weight is 330 g/mol. The molecule has 0 aliphatic carbocycles. The zero-order chi connectivity index (χ0) is 16.9. The first kappa shape index (κ1) is 17.6. The molecule has 1 aromatic carbocycles. The molecular weight excluding hydrogens is 309 g/mol. The molecule has 1 heterocycles. The summed E-state index contributed by atoms with van der Waals surface area (Å²) in [7, 11) is 1.92. The van der Waals surface area contributed by atoms with Gasteiger partial charge in [0.25, 0.3) is 0 Å². The van der Waals surface area contributed by atoms with Crippen LogP contribution < -0.4 is 10.1 Å². The Morgan fingerprint density at radius 1 is 1.26 bits per heavy atom. The van der Waals surface area contributed by atoms with Crippen molar-refractivity contribution in [2.45, 2.75) is 38.1 Å². The van der Waals surface area contributed by atoms with E-state index in [2.05, 4.69) is 10.1 Å². The van der Waals surface area contributed by atoms with Crippen LogP contribution in [-0.2, 0) is 11.2 Å². The maximum atomic E-state index is 12.2. The zero-order valence-corrected chi connectivity index (χ0v) is 13.0. The molecule has 0 unspecified atom stereocenters. The van der Waals surface area contributed by atoms with E-state index in [-0.39, 0.29) is 11.7 Å². The van der Waals surface area contributed by atoms with Gasteiger partial charge in [-0.15, -0.1) is 13.2 Å². The topological polar surface area (TPSA) is 41.6 Å². The van der Waals surface area contributed by atoms with Crippen LogP contribution in [0.1, 0.15) is 24.8 Å². The molecule has 0 atom stereocenters. The van der Waals surface area contributed by atoms with E-state index in [0.29, 0.717) is 18.9 Å². The van der Waals surface area contributed by atoms with Crippen molar-refractivity contribution in [2.75, 3.05) is 20.1 Å². The number of carbonyl (C=O) groups excluding carboxylic acids is 1. The molecule has 0 saturated carbocycles. The Labute approximate surface area is 133 Å². The Bertz CT molecular complexity index is 509. The second kappa shape index (κ2) is 7.68. The summed E-state index contributed by atoms with van der Waals surface area (Å²) in [5, 5.41) is 3.21. The van der Waals surface area contributed by atoms with Gasteiger partial charge in [0.15, 0.2) is 0 Å².